The molecule has 1 N–H and O–H groups in total. The summed E-state index contributed by atoms with van der Waals surface area (Å²) in [6, 6.07) is 0. The molecule has 0 unspecified atom stereocenters. The summed E-state index contributed by atoms with van der Waals surface area (Å²) in [6.07, 6.45) is 5.19. The van der Waals surface area contributed by atoms with Crippen molar-refractivity contribution in [2.24, 2.45) is 5.92 Å². The number of imidazole rings is 1. The standard InChI is InChI=1S/C13H19N3O3/c1-18-9-7-16(8-9)13(17)10-3-2-6-19-11(10)12-14-4-5-15-12/h4-5,9-11H,2-3,6-8H2,1H3,(H,14,15)/t10-,11-/m1/s1. The Morgan fingerprint density at radius 2 is 2.42 bits per heavy atom. The van der Waals surface area contributed by atoms with Crippen LogP contribution in [0.2, 0.25) is 0 Å². The molecule has 0 radical (unpaired) electrons. The van der Waals surface area contributed by atoms with E-state index in [-0.39, 0.29) is 24.0 Å². The predicted octanol–water partition coefficient (Wildman–Crippen LogP) is 0.735. The van der Waals surface area contributed by atoms with Crippen molar-refractivity contribution in [2.45, 2.75) is 25.0 Å². The Kier molecular flexibility index (Phi) is 3.52. The maximum Gasteiger partial charge on any atom is 0.228 e. The van der Waals surface area contributed by atoms with Crippen molar-refractivity contribution >= 4 is 5.91 Å². The summed E-state index contributed by atoms with van der Waals surface area (Å²) >= 11 is 0. The van der Waals surface area contributed by atoms with Crippen LogP contribution in [0.15, 0.2) is 12.4 Å². The number of carbonyl (C=O) groups is 1. The summed E-state index contributed by atoms with van der Waals surface area (Å²) in [5.74, 6) is 0.786. The molecular formula is C13H19N3O3. The minimum absolute atomic E-state index is 0.127. The van der Waals surface area contributed by atoms with Crippen molar-refractivity contribution in [3.05, 3.63) is 18.2 Å². The van der Waals surface area contributed by atoms with Gasteiger partial charge in [-0.1, -0.05) is 0 Å². The SMILES string of the molecule is COC1CN(C(=O)[C@@H]2CCCO[C@H]2c2ncc[nH]2)C1. The number of carbonyl (C=O) groups excluding carboxylic acids is 1. The zero-order valence-corrected chi connectivity index (χ0v) is 11.0. The Morgan fingerprint density at radius 1 is 1.58 bits per heavy atom. The molecule has 3 heterocycles. The number of ether oxygens (including phenoxy) is 2. The second kappa shape index (κ2) is 5.30. The van der Waals surface area contributed by atoms with Gasteiger partial charge in [0.25, 0.3) is 0 Å². The molecule has 0 spiro atoms. The van der Waals surface area contributed by atoms with Crippen LogP contribution in [0.1, 0.15) is 24.8 Å². The molecule has 0 saturated carbocycles. The number of H-pyrrole nitrogens is 1. The molecule has 0 aromatic carbocycles. The van der Waals surface area contributed by atoms with Crippen LogP contribution in [-0.4, -0.2) is 53.7 Å². The van der Waals surface area contributed by atoms with Gasteiger partial charge in [-0.25, -0.2) is 4.98 Å². The lowest BCUT2D eigenvalue weighted by Crippen LogP contribution is -2.57. The van der Waals surface area contributed by atoms with Crippen LogP contribution >= 0.6 is 0 Å². The topological polar surface area (TPSA) is 67.4 Å². The number of aromatic amines is 1. The lowest BCUT2D eigenvalue weighted by atomic mass is 9.91. The minimum atomic E-state index is -0.238. The monoisotopic (exact) mass is 265 g/mol. The van der Waals surface area contributed by atoms with Crippen molar-refractivity contribution < 1.29 is 14.3 Å². The summed E-state index contributed by atoms with van der Waals surface area (Å²) in [5, 5.41) is 0. The van der Waals surface area contributed by atoms with Crippen LogP contribution in [0.3, 0.4) is 0 Å². The van der Waals surface area contributed by atoms with Gasteiger partial charge in [0.05, 0.1) is 12.0 Å². The van der Waals surface area contributed by atoms with Gasteiger partial charge >= 0.3 is 0 Å². The number of aromatic nitrogens is 2. The van der Waals surface area contributed by atoms with Gasteiger partial charge in [-0.05, 0) is 12.8 Å². The van der Waals surface area contributed by atoms with Gasteiger partial charge in [0.1, 0.15) is 11.9 Å². The van der Waals surface area contributed by atoms with E-state index in [2.05, 4.69) is 9.97 Å². The molecular weight excluding hydrogens is 246 g/mol. The van der Waals surface area contributed by atoms with Gasteiger partial charge in [0.2, 0.25) is 5.91 Å². The van der Waals surface area contributed by atoms with E-state index in [0.717, 1.165) is 18.7 Å². The summed E-state index contributed by atoms with van der Waals surface area (Å²) in [4.78, 5) is 21.6. The van der Waals surface area contributed by atoms with Crippen LogP contribution in [-0.2, 0) is 14.3 Å². The van der Waals surface area contributed by atoms with Crippen molar-refractivity contribution in [3.8, 4) is 0 Å². The van der Waals surface area contributed by atoms with E-state index in [0.29, 0.717) is 19.7 Å². The number of likely N-dealkylation sites (tertiary alicyclic amines) is 1. The molecule has 1 aromatic rings. The first-order valence-corrected chi connectivity index (χ1v) is 6.72. The number of hydrogen-bond donors (Lipinski definition) is 1. The quantitative estimate of drug-likeness (QED) is 0.875. The molecule has 2 aliphatic rings. The largest absolute Gasteiger partial charge is 0.378 e. The second-order valence-electron chi connectivity index (χ2n) is 5.12. The van der Waals surface area contributed by atoms with Gasteiger partial charge in [-0.2, -0.15) is 0 Å². The fourth-order valence-electron chi connectivity index (χ4n) is 2.74. The van der Waals surface area contributed by atoms with Crippen LogP contribution in [0.4, 0.5) is 0 Å². The molecule has 104 valence electrons. The van der Waals surface area contributed by atoms with Gasteiger partial charge in [-0.15, -0.1) is 0 Å². The van der Waals surface area contributed by atoms with Crippen molar-refractivity contribution in [3.63, 3.8) is 0 Å². The molecule has 0 bridgehead atoms. The normalized spacial score (nSPS) is 28.2. The highest BCUT2D eigenvalue weighted by molar-refractivity contribution is 5.80. The first kappa shape index (κ1) is 12.6. The molecule has 3 rings (SSSR count). The number of methoxy groups -OCH3 is 1. The summed E-state index contributed by atoms with van der Waals surface area (Å²) in [5.41, 5.74) is 0. The molecule has 2 fully saturated rings. The van der Waals surface area contributed by atoms with Gasteiger partial charge in [0, 0.05) is 39.2 Å². The average Bonchev–Trinajstić information content (AvgIpc) is 2.91. The molecule has 2 saturated heterocycles. The fourth-order valence-corrected chi connectivity index (χ4v) is 2.74. The summed E-state index contributed by atoms with van der Waals surface area (Å²) in [6.45, 7) is 2.07. The van der Waals surface area contributed by atoms with E-state index in [1.54, 1.807) is 19.5 Å². The maximum atomic E-state index is 12.5. The highest BCUT2D eigenvalue weighted by Gasteiger charge is 2.40. The van der Waals surface area contributed by atoms with E-state index in [9.17, 15) is 4.79 Å². The Bertz CT molecular complexity index is 428. The van der Waals surface area contributed by atoms with Gasteiger partial charge in [0.15, 0.2) is 0 Å². The van der Waals surface area contributed by atoms with Crippen LogP contribution in [0.5, 0.6) is 0 Å². The Labute approximate surface area is 112 Å². The first-order chi connectivity index (χ1) is 9.29. The molecule has 2 atom stereocenters. The van der Waals surface area contributed by atoms with Crippen molar-refractivity contribution in [2.75, 3.05) is 26.8 Å². The van der Waals surface area contributed by atoms with E-state index >= 15 is 0 Å². The highest BCUT2D eigenvalue weighted by Crippen LogP contribution is 2.34. The third kappa shape index (κ3) is 2.37. The molecule has 1 amide bonds. The van der Waals surface area contributed by atoms with E-state index < -0.39 is 0 Å². The van der Waals surface area contributed by atoms with Crippen LogP contribution in [0, 0.1) is 5.92 Å². The number of nitrogens with one attached hydrogen (secondary N) is 1. The lowest BCUT2D eigenvalue weighted by molar-refractivity contribution is -0.157. The highest BCUT2D eigenvalue weighted by atomic mass is 16.5. The lowest BCUT2D eigenvalue weighted by Gasteiger charge is -2.42. The van der Waals surface area contributed by atoms with Crippen molar-refractivity contribution in [1.82, 2.24) is 14.9 Å². The molecule has 1 aromatic heterocycles. The number of rotatable bonds is 3. The zero-order chi connectivity index (χ0) is 13.2. The zero-order valence-electron chi connectivity index (χ0n) is 11.0. The van der Waals surface area contributed by atoms with E-state index in [1.165, 1.54) is 0 Å². The second-order valence-corrected chi connectivity index (χ2v) is 5.12. The molecule has 0 aliphatic carbocycles. The molecule has 6 heteroatoms. The smallest absolute Gasteiger partial charge is 0.228 e. The van der Waals surface area contributed by atoms with Crippen molar-refractivity contribution in [1.29, 1.82) is 0 Å². The third-order valence-corrected chi connectivity index (χ3v) is 3.92. The Balaban J connectivity index is 1.69. The molecule has 2 aliphatic heterocycles. The predicted molar refractivity (Wildman–Crippen MR) is 67.4 cm³/mol. The molecule has 19 heavy (non-hydrogen) atoms. The first-order valence-electron chi connectivity index (χ1n) is 6.72. The number of amides is 1. The fraction of sp³-hybridized carbons (Fsp3) is 0.692. The third-order valence-electron chi connectivity index (χ3n) is 3.92. The Hall–Kier alpha value is -1.40. The summed E-state index contributed by atoms with van der Waals surface area (Å²) < 4.78 is 11.0. The number of hydrogen-bond acceptors (Lipinski definition) is 4. The maximum absolute atomic E-state index is 12.5. The van der Waals surface area contributed by atoms with Gasteiger partial charge in [-0.3, -0.25) is 4.79 Å². The van der Waals surface area contributed by atoms with E-state index in [1.807, 2.05) is 4.90 Å². The van der Waals surface area contributed by atoms with Gasteiger partial charge < -0.3 is 19.4 Å². The molecule has 6 nitrogen and oxygen atoms in total. The van der Waals surface area contributed by atoms with Crippen LogP contribution < -0.4 is 0 Å². The van der Waals surface area contributed by atoms with Crippen LogP contribution in [0.25, 0.3) is 0 Å². The van der Waals surface area contributed by atoms with E-state index in [4.69, 9.17) is 9.47 Å². The summed E-state index contributed by atoms with van der Waals surface area (Å²) in [7, 11) is 1.68. The Morgan fingerprint density at radius 3 is 3.11 bits per heavy atom. The number of nitrogens with zero attached hydrogens (tertiary/aromatic N) is 2. The minimum Gasteiger partial charge on any atom is -0.378 e. The average molecular weight is 265 g/mol.